The molecule has 3 rings (SSSR count). The third-order valence-electron chi connectivity index (χ3n) is 3.81. The van der Waals surface area contributed by atoms with Crippen molar-refractivity contribution in [1.82, 2.24) is 10.2 Å². The number of thioether (sulfide) groups is 1. The SMILES string of the molecule is Cl.O=C1Nc2cc(Cl)ccc2SC1CC(=O)N1CCCNCC1. The summed E-state index contributed by atoms with van der Waals surface area (Å²) in [6.07, 6.45) is 1.19. The molecule has 5 nitrogen and oxygen atoms in total. The van der Waals surface area contributed by atoms with Gasteiger partial charge in [0.25, 0.3) is 0 Å². The van der Waals surface area contributed by atoms with Crippen molar-refractivity contribution in [2.45, 2.75) is 23.0 Å². The molecule has 2 aliphatic heterocycles. The van der Waals surface area contributed by atoms with E-state index < -0.39 is 0 Å². The van der Waals surface area contributed by atoms with Crippen LogP contribution in [-0.4, -0.2) is 48.1 Å². The number of carbonyl (C=O) groups excluding carboxylic acids is 2. The molecule has 23 heavy (non-hydrogen) atoms. The number of carbonyl (C=O) groups is 2. The van der Waals surface area contributed by atoms with E-state index >= 15 is 0 Å². The normalized spacial score (nSPS) is 20.8. The predicted octanol–water partition coefficient (Wildman–Crippen LogP) is 2.39. The standard InChI is InChI=1S/C15H18ClN3O2S.ClH/c16-10-2-3-12-11(8-10)18-15(21)13(22-12)9-14(20)19-6-1-4-17-5-7-19;/h2-3,8,13,17H,1,4-7,9H2,(H,18,21);1H. The Kier molecular flexibility index (Phi) is 6.59. The zero-order valence-electron chi connectivity index (χ0n) is 12.5. The first-order chi connectivity index (χ1) is 10.6. The lowest BCUT2D eigenvalue weighted by molar-refractivity contribution is -0.132. The number of nitrogens with zero attached hydrogens (tertiary/aromatic N) is 1. The Morgan fingerprint density at radius 1 is 1.35 bits per heavy atom. The fraction of sp³-hybridized carbons (Fsp3) is 0.467. The number of fused-ring (bicyclic) bond motifs is 1. The average molecular weight is 376 g/mol. The molecule has 2 amide bonds. The third-order valence-corrected chi connectivity index (χ3v) is 5.32. The first-order valence-corrected chi connectivity index (χ1v) is 8.65. The fourth-order valence-electron chi connectivity index (χ4n) is 2.64. The molecule has 1 unspecified atom stereocenters. The van der Waals surface area contributed by atoms with E-state index in [2.05, 4.69) is 10.6 Å². The topological polar surface area (TPSA) is 61.4 Å². The van der Waals surface area contributed by atoms with Crippen LogP contribution in [0.1, 0.15) is 12.8 Å². The number of benzene rings is 1. The van der Waals surface area contributed by atoms with E-state index in [1.54, 1.807) is 12.1 Å². The van der Waals surface area contributed by atoms with E-state index in [1.807, 2.05) is 11.0 Å². The van der Waals surface area contributed by atoms with Gasteiger partial charge in [0.15, 0.2) is 0 Å². The number of anilines is 1. The fourth-order valence-corrected chi connectivity index (χ4v) is 3.89. The zero-order valence-corrected chi connectivity index (χ0v) is 14.9. The molecule has 0 radical (unpaired) electrons. The van der Waals surface area contributed by atoms with Gasteiger partial charge in [0.2, 0.25) is 11.8 Å². The van der Waals surface area contributed by atoms with E-state index in [0.717, 1.165) is 36.6 Å². The monoisotopic (exact) mass is 375 g/mol. The summed E-state index contributed by atoms with van der Waals surface area (Å²) in [6, 6.07) is 5.42. The molecule has 1 saturated heterocycles. The van der Waals surface area contributed by atoms with Crippen LogP contribution in [0.5, 0.6) is 0 Å². The zero-order chi connectivity index (χ0) is 15.5. The van der Waals surface area contributed by atoms with Crippen molar-refractivity contribution in [2.24, 2.45) is 0 Å². The van der Waals surface area contributed by atoms with Gasteiger partial charge in [0.05, 0.1) is 10.9 Å². The largest absolute Gasteiger partial charge is 0.341 e. The van der Waals surface area contributed by atoms with Gasteiger partial charge < -0.3 is 15.5 Å². The van der Waals surface area contributed by atoms with Crippen molar-refractivity contribution in [3.05, 3.63) is 23.2 Å². The van der Waals surface area contributed by atoms with Crippen molar-refractivity contribution in [3.8, 4) is 0 Å². The van der Waals surface area contributed by atoms with Gasteiger partial charge in [0.1, 0.15) is 0 Å². The molecule has 8 heteroatoms. The highest BCUT2D eigenvalue weighted by molar-refractivity contribution is 8.01. The van der Waals surface area contributed by atoms with Gasteiger partial charge in [-0.1, -0.05) is 11.6 Å². The van der Waals surface area contributed by atoms with E-state index in [9.17, 15) is 9.59 Å². The van der Waals surface area contributed by atoms with Crippen molar-refractivity contribution < 1.29 is 9.59 Å². The van der Waals surface area contributed by atoms with Crippen molar-refractivity contribution in [3.63, 3.8) is 0 Å². The molecule has 0 aliphatic carbocycles. The van der Waals surface area contributed by atoms with Crippen LogP contribution in [0, 0.1) is 0 Å². The summed E-state index contributed by atoms with van der Waals surface area (Å²) in [6.45, 7) is 3.23. The van der Waals surface area contributed by atoms with Crippen molar-refractivity contribution >= 4 is 53.3 Å². The first-order valence-electron chi connectivity index (χ1n) is 7.39. The van der Waals surface area contributed by atoms with E-state index in [4.69, 9.17) is 11.6 Å². The molecule has 1 fully saturated rings. The second-order valence-electron chi connectivity index (χ2n) is 5.42. The molecule has 2 N–H and O–H groups in total. The van der Waals surface area contributed by atoms with Crippen LogP contribution >= 0.6 is 35.8 Å². The minimum atomic E-state index is -0.377. The minimum absolute atomic E-state index is 0. The summed E-state index contributed by atoms with van der Waals surface area (Å²) in [5, 5.41) is 6.33. The highest BCUT2D eigenvalue weighted by Gasteiger charge is 2.30. The van der Waals surface area contributed by atoms with Gasteiger partial charge in [-0.25, -0.2) is 0 Å². The Morgan fingerprint density at radius 3 is 3.00 bits per heavy atom. The van der Waals surface area contributed by atoms with Gasteiger partial charge in [-0.05, 0) is 31.2 Å². The molecule has 0 aromatic heterocycles. The summed E-state index contributed by atoms with van der Waals surface area (Å²) in [5.74, 6) is -0.0742. The number of halogens is 2. The minimum Gasteiger partial charge on any atom is -0.341 e. The molecule has 126 valence electrons. The first kappa shape index (κ1) is 18.4. The van der Waals surface area contributed by atoms with Crippen molar-refractivity contribution in [2.75, 3.05) is 31.5 Å². The van der Waals surface area contributed by atoms with Crippen LogP contribution in [0.3, 0.4) is 0 Å². The number of nitrogens with one attached hydrogen (secondary N) is 2. The van der Waals surface area contributed by atoms with Gasteiger partial charge in [-0.15, -0.1) is 24.2 Å². The van der Waals surface area contributed by atoms with Gasteiger partial charge in [-0.3, -0.25) is 9.59 Å². The highest BCUT2D eigenvalue weighted by Crippen LogP contribution is 2.38. The van der Waals surface area contributed by atoms with Crippen LogP contribution in [0.25, 0.3) is 0 Å². The van der Waals surface area contributed by atoms with Crippen LogP contribution in [0.2, 0.25) is 5.02 Å². The van der Waals surface area contributed by atoms with E-state index in [1.165, 1.54) is 11.8 Å². The Bertz CT molecular complexity index is 592. The summed E-state index contributed by atoms with van der Waals surface area (Å²) in [4.78, 5) is 27.4. The summed E-state index contributed by atoms with van der Waals surface area (Å²) in [5.41, 5.74) is 0.727. The molecule has 0 bridgehead atoms. The number of hydrogen-bond donors (Lipinski definition) is 2. The Hall–Kier alpha value is -0.950. The summed E-state index contributed by atoms with van der Waals surface area (Å²) < 4.78 is 0. The highest BCUT2D eigenvalue weighted by atomic mass is 35.5. The van der Waals surface area contributed by atoms with Gasteiger partial charge >= 0.3 is 0 Å². The Morgan fingerprint density at radius 2 is 2.17 bits per heavy atom. The summed E-state index contributed by atoms with van der Waals surface area (Å²) in [7, 11) is 0. The maximum Gasteiger partial charge on any atom is 0.238 e. The van der Waals surface area contributed by atoms with Crippen LogP contribution in [0.15, 0.2) is 23.1 Å². The lowest BCUT2D eigenvalue weighted by atomic mass is 10.2. The number of amides is 2. The van der Waals surface area contributed by atoms with Crippen LogP contribution in [-0.2, 0) is 9.59 Å². The predicted molar refractivity (Wildman–Crippen MR) is 95.7 cm³/mol. The lowest BCUT2D eigenvalue weighted by Gasteiger charge is -2.26. The molecule has 1 atom stereocenters. The van der Waals surface area contributed by atoms with Crippen LogP contribution in [0.4, 0.5) is 5.69 Å². The quantitative estimate of drug-likeness (QED) is 0.832. The molecular weight excluding hydrogens is 357 g/mol. The molecule has 1 aromatic carbocycles. The van der Waals surface area contributed by atoms with Gasteiger partial charge in [-0.2, -0.15) is 0 Å². The molecule has 2 aliphatic rings. The van der Waals surface area contributed by atoms with Gasteiger partial charge in [0, 0.05) is 36.0 Å². The Labute approximate surface area is 150 Å². The maximum absolute atomic E-state index is 12.4. The molecule has 2 heterocycles. The number of rotatable bonds is 2. The summed E-state index contributed by atoms with van der Waals surface area (Å²) >= 11 is 7.37. The second kappa shape index (κ2) is 8.24. The van der Waals surface area contributed by atoms with E-state index in [-0.39, 0.29) is 35.9 Å². The average Bonchev–Trinajstić information content (AvgIpc) is 2.77. The van der Waals surface area contributed by atoms with Crippen molar-refractivity contribution in [1.29, 1.82) is 0 Å². The van der Waals surface area contributed by atoms with Crippen LogP contribution < -0.4 is 10.6 Å². The molecule has 0 spiro atoms. The smallest absolute Gasteiger partial charge is 0.238 e. The molecule has 0 saturated carbocycles. The second-order valence-corrected chi connectivity index (χ2v) is 7.11. The maximum atomic E-state index is 12.4. The molecule has 1 aromatic rings. The third kappa shape index (κ3) is 4.53. The number of hydrogen-bond acceptors (Lipinski definition) is 4. The lowest BCUT2D eigenvalue weighted by Crippen LogP contribution is -2.39. The molecular formula is C15H19Cl2N3O2S. The van der Waals surface area contributed by atoms with E-state index in [0.29, 0.717) is 11.6 Å². The Balaban J connectivity index is 0.00000192.